The van der Waals surface area contributed by atoms with Crippen molar-refractivity contribution < 1.29 is 19.5 Å². The number of aliphatic carboxylic acids is 1. The monoisotopic (exact) mass is 358 g/mol. The number of carboxylic acids is 1. The summed E-state index contributed by atoms with van der Waals surface area (Å²) < 4.78 is 0. The van der Waals surface area contributed by atoms with E-state index in [1.165, 1.54) is 11.3 Å². The Labute approximate surface area is 149 Å². The van der Waals surface area contributed by atoms with E-state index in [0.29, 0.717) is 29.1 Å². The molecule has 0 aliphatic carbocycles. The zero-order valence-electron chi connectivity index (χ0n) is 13.5. The van der Waals surface area contributed by atoms with Crippen LogP contribution in [0.4, 0.5) is 5.69 Å². The van der Waals surface area contributed by atoms with E-state index in [4.69, 9.17) is 5.11 Å². The molecule has 2 heterocycles. The molecule has 7 heteroatoms. The molecule has 25 heavy (non-hydrogen) atoms. The molecule has 2 N–H and O–H groups in total. The largest absolute Gasteiger partial charge is 0.481 e. The number of carbonyl (C=O) groups excluding carboxylic acids is 2. The van der Waals surface area contributed by atoms with Gasteiger partial charge in [-0.2, -0.15) is 0 Å². The maximum atomic E-state index is 12.6. The van der Waals surface area contributed by atoms with Gasteiger partial charge in [-0.3, -0.25) is 14.4 Å². The molecule has 1 aliphatic heterocycles. The number of nitrogens with one attached hydrogen (secondary N) is 1. The molecule has 2 aromatic rings. The van der Waals surface area contributed by atoms with Gasteiger partial charge in [0.2, 0.25) is 5.91 Å². The highest BCUT2D eigenvalue weighted by molar-refractivity contribution is 7.12. The predicted octanol–water partition coefficient (Wildman–Crippen LogP) is 2.62. The van der Waals surface area contributed by atoms with Crippen molar-refractivity contribution in [2.24, 2.45) is 0 Å². The third-order valence-electron chi connectivity index (χ3n) is 4.13. The molecular weight excluding hydrogens is 340 g/mol. The van der Waals surface area contributed by atoms with Gasteiger partial charge < -0.3 is 15.3 Å². The Morgan fingerprint density at radius 1 is 1.20 bits per heavy atom. The molecular formula is C18H18N2O4S. The number of carboxylic acid groups (broad SMARTS) is 1. The quantitative estimate of drug-likeness (QED) is 0.860. The van der Waals surface area contributed by atoms with Crippen LogP contribution in [0.5, 0.6) is 0 Å². The van der Waals surface area contributed by atoms with E-state index in [1.807, 2.05) is 11.4 Å². The van der Waals surface area contributed by atoms with Crippen LogP contribution in [0.2, 0.25) is 0 Å². The second kappa shape index (κ2) is 7.48. The van der Waals surface area contributed by atoms with Crippen LogP contribution < -0.4 is 5.32 Å². The van der Waals surface area contributed by atoms with Crippen LogP contribution in [0.15, 0.2) is 41.8 Å². The fourth-order valence-electron chi connectivity index (χ4n) is 2.93. The summed E-state index contributed by atoms with van der Waals surface area (Å²) in [4.78, 5) is 38.0. The minimum atomic E-state index is -0.898. The Morgan fingerprint density at radius 2 is 1.96 bits per heavy atom. The Balaban J connectivity index is 1.65. The summed E-state index contributed by atoms with van der Waals surface area (Å²) in [6.07, 6.45) is 1.38. The second-order valence-electron chi connectivity index (χ2n) is 5.89. The molecule has 1 aromatic carbocycles. The molecule has 2 amide bonds. The molecule has 1 unspecified atom stereocenters. The number of benzene rings is 1. The second-order valence-corrected chi connectivity index (χ2v) is 6.84. The van der Waals surface area contributed by atoms with Crippen molar-refractivity contribution in [1.29, 1.82) is 0 Å². The van der Waals surface area contributed by atoms with Crippen molar-refractivity contribution in [3.8, 4) is 0 Å². The molecule has 1 atom stereocenters. The molecule has 6 nitrogen and oxygen atoms in total. The molecule has 0 spiro atoms. The lowest BCUT2D eigenvalue weighted by Crippen LogP contribution is -2.42. The average Bonchev–Trinajstić information content (AvgIpc) is 3.27. The summed E-state index contributed by atoms with van der Waals surface area (Å²) >= 11 is 1.37. The van der Waals surface area contributed by atoms with Gasteiger partial charge in [0.15, 0.2) is 0 Å². The van der Waals surface area contributed by atoms with Gasteiger partial charge in [0.05, 0.1) is 11.3 Å². The van der Waals surface area contributed by atoms with Gasteiger partial charge in [0, 0.05) is 12.2 Å². The Kier molecular flexibility index (Phi) is 5.14. The van der Waals surface area contributed by atoms with Crippen LogP contribution in [0.25, 0.3) is 0 Å². The van der Waals surface area contributed by atoms with Gasteiger partial charge in [-0.05, 0) is 42.0 Å². The van der Waals surface area contributed by atoms with Crippen molar-refractivity contribution in [3.05, 3.63) is 52.2 Å². The molecule has 1 aliphatic rings. The Morgan fingerprint density at radius 3 is 2.60 bits per heavy atom. The number of hydrogen-bond acceptors (Lipinski definition) is 4. The van der Waals surface area contributed by atoms with Crippen LogP contribution in [0.3, 0.4) is 0 Å². The van der Waals surface area contributed by atoms with E-state index >= 15 is 0 Å². The lowest BCUT2D eigenvalue weighted by atomic mass is 10.1. The molecule has 1 saturated heterocycles. The number of hydrogen-bond donors (Lipinski definition) is 2. The maximum absolute atomic E-state index is 12.6. The van der Waals surface area contributed by atoms with Crippen LogP contribution in [0, 0.1) is 0 Å². The summed E-state index contributed by atoms with van der Waals surface area (Å²) in [7, 11) is 0. The van der Waals surface area contributed by atoms with Gasteiger partial charge >= 0.3 is 5.97 Å². The number of carbonyl (C=O) groups is 3. The number of thiophene rings is 1. The van der Waals surface area contributed by atoms with Gasteiger partial charge in [-0.1, -0.05) is 18.2 Å². The normalized spacial score (nSPS) is 16.6. The zero-order valence-corrected chi connectivity index (χ0v) is 14.3. The van der Waals surface area contributed by atoms with Crippen molar-refractivity contribution >= 4 is 34.8 Å². The zero-order chi connectivity index (χ0) is 17.8. The van der Waals surface area contributed by atoms with Gasteiger partial charge in [-0.15, -0.1) is 11.3 Å². The molecule has 0 radical (unpaired) electrons. The number of nitrogens with zero attached hydrogens (tertiary/aromatic N) is 1. The van der Waals surface area contributed by atoms with Crippen LogP contribution in [-0.4, -0.2) is 40.4 Å². The van der Waals surface area contributed by atoms with Gasteiger partial charge in [-0.25, -0.2) is 0 Å². The van der Waals surface area contributed by atoms with Gasteiger partial charge in [0.1, 0.15) is 6.04 Å². The fraction of sp³-hybridized carbons (Fsp3) is 0.278. The van der Waals surface area contributed by atoms with Crippen molar-refractivity contribution in [2.45, 2.75) is 25.3 Å². The summed E-state index contributed by atoms with van der Waals surface area (Å²) in [5.41, 5.74) is 1.26. The van der Waals surface area contributed by atoms with E-state index in [9.17, 15) is 14.4 Å². The Bertz CT molecular complexity index is 771. The minimum Gasteiger partial charge on any atom is -0.481 e. The highest BCUT2D eigenvalue weighted by Gasteiger charge is 2.34. The first-order chi connectivity index (χ1) is 12.0. The topological polar surface area (TPSA) is 86.7 Å². The molecule has 130 valence electrons. The standard InChI is InChI=1S/C18H18N2O4S/c21-16(22)11-12-5-7-13(8-6-12)19-17(23)14-3-1-9-20(14)18(24)15-4-2-10-25-15/h2,4-8,10,14H,1,3,9,11H2,(H,19,23)(H,21,22). The van der Waals surface area contributed by atoms with Crippen LogP contribution in [-0.2, 0) is 16.0 Å². The molecule has 3 rings (SSSR count). The van der Waals surface area contributed by atoms with E-state index in [2.05, 4.69) is 5.32 Å². The first-order valence-corrected chi connectivity index (χ1v) is 8.88. The molecule has 0 bridgehead atoms. The van der Waals surface area contributed by atoms with Crippen LogP contribution in [0.1, 0.15) is 28.1 Å². The highest BCUT2D eigenvalue weighted by atomic mass is 32.1. The van der Waals surface area contributed by atoms with E-state index < -0.39 is 12.0 Å². The third-order valence-corrected chi connectivity index (χ3v) is 4.98. The van der Waals surface area contributed by atoms with Crippen molar-refractivity contribution in [3.63, 3.8) is 0 Å². The van der Waals surface area contributed by atoms with E-state index in [1.54, 1.807) is 35.2 Å². The SMILES string of the molecule is O=C(O)Cc1ccc(NC(=O)C2CCCN2C(=O)c2cccs2)cc1. The third kappa shape index (κ3) is 4.06. The lowest BCUT2D eigenvalue weighted by Gasteiger charge is -2.23. The summed E-state index contributed by atoms with van der Waals surface area (Å²) in [5.74, 6) is -1.22. The number of rotatable bonds is 5. The summed E-state index contributed by atoms with van der Waals surface area (Å²) in [6, 6.07) is 9.81. The van der Waals surface area contributed by atoms with E-state index in [0.717, 1.165) is 6.42 Å². The first kappa shape index (κ1) is 17.2. The van der Waals surface area contributed by atoms with Crippen molar-refractivity contribution in [1.82, 2.24) is 4.90 Å². The summed E-state index contributed by atoms with van der Waals surface area (Å²) in [5, 5.41) is 13.4. The smallest absolute Gasteiger partial charge is 0.307 e. The van der Waals surface area contributed by atoms with Crippen LogP contribution >= 0.6 is 11.3 Å². The summed E-state index contributed by atoms with van der Waals surface area (Å²) in [6.45, 7) is 0.576. The van der Waals surface area contributed by atoms with Gasteiger partial charge in [0.25, 0.3) is 5.91 Å². The number of likely N-dealkylation sites (tertiary alicyclic amines) is 1. The highest BCUT2D eigenvalue weighted by Crippen LogP contribution is 2.23. The predicted molar refractivity (Wildman–Crippen MR) is 94.8 cm³/mol. The minimum absolute atomic E-state index is 0.0556. The average molecular weight is 358 g/mol. The number of amides is 2. The first-order valence-electron chi connectivity index (χ1n) is 8.00. The molecule has 1 fully saturated rings. The molecule has 0 saturated carbocycles. The Hall–Kier alpha value is -2.67. The van der Waals surface area contributed by atoms with Crippen molar-refractivity contribution in [2.75, 3.05) is 11.9 Å². The fourth-order valence-corrected chi connectivity index (χ4v) is 3.61. The lowest BCUT2D eigenvalue weighted by molar-refractivity contribution is -0.136. The maximum Gasteiger partial charge on any atom is 0.307 e. The van der Waals surface area contributed by atoms with E-state index in [-0.39, 0.29) is 18.2 Å². The number of anilines is 1. The molecule has 1 aromatic heterocycles.